The number of nitrogens with zero attached hydrogens (tertiary/aromatic N) is 2. The molecule has 0 spiro atoms. The van der Waals surface area contributed by atoms with Crippen LogP contribution in [-0.2, 0) is 9.53 Å². The van der Waals surface area contributed by atoms with Gasteiger partial charge in [-0.2, -0.15) is 0 Å². The Balaban J connectivity index is 1.55. The number of nitrogens with one attached hydrogen (secondary N) is 2. The van der Waals surface area contributed by atoms with Gasteiger partial charge in [0.25, 0.3) is 5.91 Å². The van der Waals surface area contributed by atoms with E-state index in [2.05, 4.69) is 15.2 Å². The molecule has 1 atom stereocenters. The number of fused-ring (bicyclic) bond motifs is 1. The number of nitrogens with two attached hydrogens (primary N) is 1. The van der Waals surface area contributed by atoms with Crippen LogP contribution in [0.5, 0.6) is 0 Å². The van der Waals surface area contributed by atoms with Crippen LogP contribution in [0.25, 0.3) is 10.9 Å². The van der Waals surface area contributed by atoms with Crippen LogP contribution in [0.3, 0.4) is 0 Å². The quantitative estimate of drug-likeness (QED) is 0.720. The number of morpholine rings is 1. The first-order valence-corrected chi connectivity index (χ1v) is 9.77. The number of amides is 2. The molecule has 1 saturated carbocycles. The van der Waals surface area contributed by atoms with Crippen LogP contribution in [0.1, 0.15) is 30.1 Å². The number of carbonyl (C=O) groups is 2. The number of H-pyrrole nitrogens is 1. The second kappa shape index (κ2) is 7.44. The van der Waals surface area contributed by atoms with Crippen LogP contribution in [0.4, 0.5) is 11.5 Å². The molecule has 1 aliphatic heterocycles. The molecular formula is C20H27N5O3. The summed E-state index contributed by atoms with van der Waals surface area (Å²) in [5, 5.41) is 3.74. The lowest BCUT2D eigenvalue weighted by atomic mass is 10.1. The number of hydrogen-bond acceptors (Lipinski definition) is 5. The molecule has 0 radical (unpaired) electrons. The Bertz CT molecular complexity index is 899. The fourth-order valence-electron chi connectivity index (χ4n) is 3.67. The molecule has 28 heavy (non-hydrogen) atoms. The van der Waals surface area contributed by atoms with Gasteiger partial charge in [0.15, 0.2) is 0 Å². The van der Waals surface area contributed by atoms with Crippen molar-refractivity contribution in [2.24, 2.45) is 0 Å². The van der Waals surface area contributed by atoms with Crippen molar-refractivity contribution >= 4 is 34.2 Å². The van der Waals surface area contributed by atoms with Gasteiger partial charge in [0.2, 0.25) is 5.91 Å². The van der Waals surface area contributed by atoms with Crippen LogP contribution >= 0.6 is 0 Å². The summed E-state index contributed by atoms with van der Waals surface area (Å²) in [4.78, 5) is 32.3. The molecule has 1 aliphatic carbocycles. The van der Waals surface area contributed by atoms with E-state index in [0.717, 1.165) is 42.5 Å². The van der Waals surface area contributed by atoms with Gasteiger partial charge in [0.1, 0.15) is 5.82 Å². The topological polar surface area (TPSA) is 104 Å². The first-order chi connectivity index (χ1) is 13.5. The van der Waals surface area contributed by atoms with Crippen molar-refractivity contribution in [2.75, 3.05) is 44.0 Å². The summed E-state index contributed by atoms with van der Waals surface area (Å²) in [6, 6.07) is 5.61. The molecule has 0 unspecified atom stereocenters. The summed E-state index contributed by atoms with van der Waals surface area (Å²) < 4.78 is 5.37. The summed E-state index contributed by atoms with van der Waals surface area (Å²) in [7, 11) is 1.77. The Morgan fingerprint density at radius 2 is 2.04 bits per heavy atom. The molecule has 2 heterocycles. The Hall–Kier alpha value is -2.58. The van der Waals surface area contributed by atoms with Crippen molar-refractivity contribution < 1.29 is 14.3 Å². The molecule has 1 aromatic carbocycles. The smallest absolute Gasteiger partial charge is 0.255 e. The van der Waals surface area contributed by atoms with Gasteiger partial charge in [-0.15, -0.1) is 0 Å². The molecule has 4 N–H and O–H groups in total. The molecule has 1 aromatic heterocycles. The third-order valence-corrected chi connectivity index (χ3v) is 5.62. The maximum atomic E-state index is 12.9. The predicted octanol–water partition coefficient (Wildman–Crippen LogP) is 1.33. The lowest BCUT2D eigenvalue weighted by Gasteiger charge is -2.33. The summed E-state index contributed by atoms with van der Waals surface area (Å²) in [5.74, 6) is 0.220. The van der Waals surface area contributed by atoms with Crippen molar-refractivity contribution in [3.63, 3.8) is 0 Å². The van der Waals surface area contributed by atoms with Crippen molar-refractivity contribution in [3.8, 4) is 0 Å². The third-order valence-electron chi connectivity index (χ3n) is 5.62. The fourth-order valence-corrected chi connectivity index (χ4v) is 3.67. The minimum Gasteiger partial charge on any atom is -0.385 e. The monoisotopic (exact) mass is 385 g/mol. The molecule has 8 heteroatoms. The molecule has 2 amide bonds. The van der Waals surface area contributed by atoms with E-state index in [-0.39, 0.29) is 23.9 Å². The number of nitrogen functional groups attached to an aromatic ring is 1. The molecule has 150 valence electrons. The van der Waals surface area contributed by atoms with Crippen molar-refractivity contribution in [1.82, 2.24) is 15.2 Å². The second-order valence-electron chi connectivity index (χ2n) is 7.61. The van der Waals surface area contributed by atoms with E-state index in [9.17, 15) is 9.59 Å². The second-order valence-corrected chi connectivity index (χ2v) is 7.61. The highest BCUT2D eigenvalue weighted by Gasteiger charge is 2.28. The van der Waals surface area contributed by atoms with E-state index in [0.29, 0.717) is 24.6 Å². The van der Waals surface area contributed by atoms with Crippen LogP contribution in [0, 0.1) is 0 Å². The number of carbonyl (C=O) groups excluding carboxylic acids is 2. The summed E-state index contributed by atoms with van der Waals surface area (Å²) in [6.45, 7) is 4.75. The van der Waals surface area contributed by atoms with E-state index in [1.165, 1.54) is 0 Å². The minimum absolute atomic E-state index is 0.0208. The van der Waals surface area contributed by atoms with Crippen LogP contribution < -0.4 is 16.0 Å². The first kappa shape index (κ1) is 18.8. The zero-order chi connectivity index (χ0) is 19.8. The molecule has 2 aromatic rings. The fraction of sp³-hybridized carbons (Fsp3) is 0.500. The molecule has 2 fully saturated rings. The molecule has 8 nitrogen and oxygen atoms in total. The zero-order valence-electron chi connectivity index (χ0n) is 16.3. The number of aromatic amines is 1. The Morgan fingerprint density at radius 1 is 1.32 bits per heavy atom. The molecule has 1 saturated heterocycles. The highest BCUT2D eigenvalue weighted by molar-refractivity contribution is 6.12. The number of anilines is 2. The van der Waals surface area contributed by atoms with Crippen LogP contribution in [0.15, 0.2) is 18.2 Å². The Labute approximate surface area is 164 Å². The minimum atomic E-state index is -0.224. The first-order valence-electron chi connectivity index (χ1n) is 9.77. The van der Waals surface area contributed by atoms with Gasteiger partial charge in [-0.25, -0.2) is 0 Å². The maximum Gasteiger partial charge on any atom is 0.255 e. The number of rotatable bonds is 5. The average Bonchev–Trinajstić information content (AvgIpc) is 3.45. The lowest BCUT2D eigenvalue weighted by Crippen LogP contribution is -2.50. The number of likely N-dealkylation sites (N-methyl/N-ethyl adjacent to an activating group) is 1. The highest BCUT2D eigenvalue weighted by Crippen LogP contribution is 2.29. The summed E-state index contributed by atoms with van der Waals surface area (Å²) in [6.07, 6.45) is 2.04. The van der Waals surface area contributed by atoms with Crippen molar-refractivity contribution in [1.29, 1.82) is 0 Å². The van der Waals surface area contributed by atoms with Gasteiger partial charge < -0.3 is 25.7 Å². The lowest BCUT2D eigenvalue weighted by molar-refractivity contribution is -0.124. The van der Waals surface area contributed by atoms with Gasteiger partial charge >= 0.3 is 0 Å². The third kappa shape index (κ3) is 3.57. The van der Waals surface area contributed by atoms with Crippen LogP contribution in [-0.4, -0.2) is 67.1 Å². The van der Waals surface area contributed by atoms with Gasteiger partial charge in [0.05, 0.1) is 24.8 Å². The zero-order valence-corrected chi connectivity index (χ0v) is 16.3. The van der Waals surface area contributed by atoms with E-state index in [1.807, 2.05) is 25.1 Å². The average molecular weight is 385 g/mol. The van der Waals surface area contributed by atoms with Gasteiger partial charge in [0, 0.05) is 42.8 Å². The molecule has 4 rings (SSSR count). The van der Waals surface area contributed by atoms with Crippen molar-refractivity contribution in [2.45, 2.75) is 31.8 Å². The van der Waals surface area contributed by atoms with Gasteiger partial charge in [-0.1, -0.05) is 0 Å². The summed E-state index contributed by atoms with van der Waals surface area (Å²) >= 11 is 0. The standard InChI is InChI=1S/C20H27N5O3/c1-12(25-7-9-28-10-8-25)20(27)24(2)14-5-6-15-16(11-14)23-18(21)17(15)19(26)22-13-3-4-13/h5-6,11-13,23H,3-4,7-10,21H2,1-2H3,(H,22,26)/t12-/m0/s1. The number of ether oxygens (including phenoxy) is 1. The number of benzene rings is 1. The number of hydrogen-bond donors (Lipinski definition) is 3. The normalized spacial score (nSPS) is 18.8. The Kier molecular flexibility index (Phi) is 4.99. The van der Waals surface area contributed by atoms with Gasteiger partial charge in [-0.3, -0.25) is 14.5 Å². The van der Waals surface area contributed by atoms with E-state index in [1.54, 1.807) is 11.9 Å². The highest BCUT2D eigenvalue weighted by atomic mass is 16.5. The maximum absolute atomic E-state index is 12.9. The van der Waals surface area contributed by atoms with E-state index < -0.39 is 0 Å². The Morgan fingerprint density at radius 3 is 2.71 bits per heavy atom. The van der Waals surface area contributed by atoms with E-state index >= 15 is 0 Å². The number of aromatic nitrogens is 1. The van der Waals surface area contributed by atoms with Crippen molar-refractivity contribution in [3.05, 3.63) is 23.8 Å². The molecule has 2 aliphatic rings. The van der Waals surface area contributed by atoms with E-state index in [4.69, 9.17) is 10.5 Å². The largest absolute Gasteiger partial charge is 0.385 e. The predicted molar refractivity (Wildman–Crippen MR) is 108 cm³/mol. The van der Waals surface area contributed by atoms with Gasteiger partial charge in [-0.05, 0) is 38.0 Å². The SMILES string of the molecule is C[C@@H](C(=O)N(C)c1ccc2c(C(=O)NC3CC3)c(N)[nH]c2c1)N1CCOCC1. The van der Waals surface area contributed by atoms with Crippen LogP contribution in [0.2, 0.25) is 0 Å². The summed E-state index contributed by atoms with van der Waals surface area (Å²) in [5.41, 5.74) is 8.05. The molecule has 0 bridgehead atoms. The molecular weight excluding hydrogens is 358 g/mol.